The first-order valence-corrected chi connectivity index (χ1v) is 7.78. The van der Waals surface area contributed by atoms with Crippen molar-refractivity contribution >= 4 is 22.9 Å². The molecule has 2 nitrogen and oxygen atoms in total. The minimum Gasteiger partial charge on any atom is -0.309 e. The van der Waals surface area contributed by atoms with Crippen LogP contribution in [0.3, 0.4) is 0 Å². The van der Waals surface area contributed by atoms with E-state index in [1.807, 2.05) is 25.3 Å². The highest BCUT2D eigenvalue weighted by molar-refractivity contribution is 7.11. The predicted octanol–water partition coefficient (Wildman–Crippen LogP) is 4.39. The number of nitrogens with zero attached hydrogens (tertiary/aromatic N) is 1. The van der Waals surface area contributed by atoms with Gasteiger partial charge in [0.05, 0.1) is 5.01 Å². The fourth-order valence-corrected chi connectivity index (χ4v) is 2.97. The maximum absolute atomic E-state index is 5.93. The third-order valence-corrected chi connectivity index (χ3v) is 4.25. The second kappa shape index (κ2) is 7.04. The van der Waals surface area contributed by atoms with Crippen LogP contribution in [0.1, 0.15) is 34.8 Å². The Morgan fingerprint density at radius 2 is 2.05 bits per heavy atom. The molecule has 1 unspecified atom stereocenters. The van der Waals surface area contributed by atoms with Crippen molar-refractivity contribution in [2.24, 2.45) is 0 Å². The molecule has 0 aliphatic heterocycles. The molecule has 102 valence electrons. The molecular formula is C15H19ClN2S. The summed E-state index contributed by atoms with van der Waals surface area (Å²) in [5.41, 5.74) is 1.30. The first-order valence-electron chi connectivity index (χ1n) is 6.59. The molecule has 2 rings (SSSR count). The summed E-state index contributed by atoms with van der Waals surface area (Å²) in [6.45, 7) is 5.26. The molecular weight excluding hydrogens is 276 g/mol. The molecule has 1 atom stereocenters. The largest absolute Gasteiger partial charge is 0.309 e. The molecule has 1 aromatic carbocycles. The van der Waals surface area contributed by atoms with Gasteiger partial charge in [0.15, 0.2) is 0 Å². The van der Waals surface area contributed by atoms with Crippen molar-refractivity contribution < 1.29 is 0 Å². The lowest BCUT2D eigenvalue weighted by molar-refractivity contribution is 0.536. The molecule has 19 heavy (non-hydrogen) atoms. The van der Waals surface area contributed by atoms with Crippen LogP contribution in [0.25, 0.3) is 0 Å². The van der Waals surface area contributed by atoms with E-state index in [9.17, 15) is 0 Å². The standard InChI is InChI=1S/C15H19ClN2S/c1-3-8-17-14(15-10-18-11(2)19-15)9-12-4-6-13(16)7-5-12/h4-7,10,14,17H,3,8-9H2,1-2H3. The van der Waals surface area contributed by atoms with E-state index in [-0.39, 0.29) is 0 Å². The van der Waals surface area contributed by atoms with Crippen LogP contribution < -0.4 is 5.32 Å². The van der Waals surface area contributed by atoms with Gasteiger partial charge in [-0.2, -0.15) is 0 Å². The number of thiazole rings is 1. The highest BCUT2D eigenvalue weighted by Gasteiger charge is 2.14. The van der Waals surface area contributed by atoms with Crippen molar-refractivity contribution in [3.05, 3.63) is 50.9 Å². The van der Waals surface area contributed by atoms with E-state index in [4.69, 9.17) is 11.6 Å². The average Bonchev–Trinajstić information content (AvgIpc) is 2.83. The van der Waals surface area contributed by atoms with Gasteiger partial charge in [0.1, 0.15) is 0 Å². The van der Waals surface area contributed by atoms with Crippen molar-refractivity contribution in [3.8, 4) is 0 Å². The van der Waals surface area contributed by atoms with Crippen LogP contribution >= 0.6 is 22.9 Å². The topological polar surface area (TPSA) is 24.9 Å². The fraction of sp³-hybridized carbons (Fsp3) is 0.400. The third kappa shape index (κ3) is 4.30. The second-order valence-corrected chi connectivity index (χ2v) is 6.32. The molecule has 0 saturated carbocycles. The van der Waals surface area contributed by atoms with Crippen LogP contribution in [-0.4, -0.2) is 11.5 Å². The van der Waals surface area contributed by atoms with Gasteiger partial charge in [-0.15, -0.1) is 11.3 Å². The van der Waals surface area contributed by atoms with Gasteiger partial charge in [-0.25, -0.2) is 4.98 Å². The third-order valence-electron chi connectivity index (χ3n) is 2.98. The van der Waals surface area contributed by atoms with Crippen molar-refractivity contribution in [1.29, 1.82) is 0 Å². The van der Waals surface area contributed by atoms with E-state index in [2.05, 4.69) is 29.4 Å². The molecule has 1 N–H and O–H groups in total. The molecule has 0 amide bonds. The summed E-state index contributed by atoms with van der Waals surface area (Å²) in [5.74, 6) is 0. The quantitative estimate of drug-likeness (QED) is 0.855. The number of nitrogens with one attached hydrogen (secondary N) is 1. The Bertz CT molecular complexity index is 507. The molecule has 0 spiro atoms. The summed E-state index contributed by atoms with van der Waals surface area (Å²) < 4.78 is 0. The number of hydrogen-bond donors (Lipinski definition) is 1. The predicted molar refractivity (Wildman–Crippen MR) is 83.0 cm³/mol. The molecule has 1 heterocycles. The van der Waals surface area contributed by atoms with Crippen LogP contribution in [0.2, 0.25) is 5.02 Å². The van der Waals surface area contributed by atoms with E-state index >= 15 is 0 Å². The number of halogens is 1. The van der Waals surface area contributed by atoms with Gasteiger partial charge in [0.2, 0.25) is 0 Å². The number of aryl methyl sites for hydroxylation is 1. The lowest BCUT2D eigenvalue weighted by atomic mass is 10.1. The fourth-order valence-electron chi connectivity index (χ4n) is 1.99. The Morgan fingerprint density at radius 1 is 1.32 bits per heavy atom. The highest BCUT2D eigenvalue weighted by atomic mass is 35.5. The smallest absolute Gasteiger partial charge is 0.0897 e. The average molecular weight is 295 g/mol. The molecule has 2 aromatic rings. The lowest BCUT2D eigenvalue weighted by Crippen LogP contribution is -2.23. The maximum atomic E-state index is 5.93. The maximum Gasteiger partial charge on any atom is 0.0897 e. The summed E-state index contributed by atoms with van der Waals surface area (Å²) in [6, 6.07) is 8.43. The van der Waals surface area contributed by atoms with Crippen molar-refractivity contribution in [3.63, 3.8) is 0 Å². The number of aromatic nitrogens is 1. The highest BCUT2D eigenvalue weighted by Crippen LogP contribution is 2.24. The van der Waals surface area contributed by atoms with E-state index in [1.165, 1.54) is 10.4 Å². The summed E-state index contributed by atoms with van der Waals surface area (Å²) in [7, 11) is 0. The number of hydrogen-bond acceptors (Lipinski definition) is 3. The molecule has 0 fully saturated rings. The Kier molecular flexibility index (Phi) is 5.37. The molecule has 0 aliphatic carbocycles. The lowest BCUT2D eigenvalue weighted by Gasteiger charge is -2.17. The SMILES string of the molecule is CCCNC(Cc1ccc(Cl)cc1)c1cnc(C)s1. The first-order chi connectivity index (χ1) is 9.19. The number of benzene rings is 1. The minimum atomic E-state index is 0.340. The molecule has 0 radical (unpaired) electrons. The van der Waals surface area contributed by atoms with Crippen LogP contribution in [-0.2, 0) is 6.42 Å². The molecule has 0 saturated heterocycles. The molecule has 1 aromatic heterocycles. The van der Waals surface area contributed by atoms with E-state index < -0.39 is 0 Å². The van der Waals surface area contributed by atoms with Crippen molar-refractivity contribution in [2.45, 2.75) is 32.7 Å². The van der Waals surface area contributed by atoms with Gasteiger partial charge in [0, 0.05) is 22.1 Å². The zero-order chi connectivity index (χ0) is 13.7. The van der Waals surface area contributed by atoms with Crippen molar-refractivity contribution in [1.82, 2.24) is 10.3 Å². The summed E-state index contributed by atoms with van der Waals surface area (Å²) in [6.07, 6.45) is 4.09. The Labute approximate surface area is 123 Å². The van der Waals surface area contributed by atoms with Crippen LogP contribution in [0.15, 0.2) is 30.5 Å². The summed E-state index contributed by atoms with van der Waals surface area (Å²) in [4.78, 5) is 5.67. The molecule has 0 bridgehead atoms. The van der Waals surface area contributed by atoms with Crippen LogP contribution in [0.4, 0.5) is 0 Å². The van der Waals surface area contributed by atoms with E-state index in [0.717, 1.165) is 29.4 Å². The van der Waals surface area contributed by atoms with Gasteiger partial charge in [-0.1, -0.05) is 30.7 Å². The van der Waals surface area contributed by atoms with Gasteiger partial charge >= 0.3 is 0 Å². The Morgan fingerprint density at radius 3 is 2.63 bits per heavy atom. The zero-order valence-electron chi connectivity index (χ0n) is 11.3. The molecule has 4 heteroatoms. The van der Waals surface area contributed by atoms with Crippen molar-refractivity contribution in [2.75, 3.05) is 6.54 Å². The summed E-state index contributed by atoms with van der Waals surface area (Å²) in [5, 5.41) is 5.51. The zero-order valence-corrected chi connectivity index (χ0v) is 12.9. The second-order valence-electron chi connectivity index (χ2n) is 4.62. The van der Waals surface area contributed by atoms with Gasteiger partial charge in [-0.05, 0) is 44.0 Å². The monoisotopic (exact) mass is 294 g/mol. The normalized spacial score (nSPS) is 12.6. The summed E-state index contributed by atoms with van der Waals surface area (Å²) >= 11 is 7.70. The Balaban J connectivity index is 2.11. The molecule has 0 aliphatic rings. The van der Waals surface area contributed by atoms with Gasteiger partial charge in [-0.3, -0.25) is 0 Å². The van der Waals surface area contributed by atoms with Crippen LogP contribution in [0.5, 0.6) is 0 Å². The minimum absolute atomic E-state index is 0.340. The van der Waals surface area contributed by atoms with E-state index in [1.54, 1.807) is 11.3 Å². The van der Waals surface area contributed by atoms with Crippen LogP contribution in [0, 0.1) is 6.92 Å². The number of rotatable bonds is 6. The van der Waals surface area contributed by atoms with E-state index in [0.29, 0.717) is 6.04 Å². The Hall–Kier alpha value is -0.900. The van der Waals surface area contributed by atoms with Gasteiger partial charge < -0.3 is 5.32 Å². The van der Waals surface area contributed by atoms with Gasteiger partial charge in [0.25, 0.3) is 0 Å². The first kappa shape index (κ1) is 14.5.